The molecule has 0 saturated heterocycles. The maximum absolute atomic E-state index is 12.0. The third-order valence-corrected chi connectivity index (χ3v) is 3.12. The number of hydrogen-bond acceptors (Lipinski definition) is 4. The fourth-order valence-electron chi connectivity index (χ4n) is 1.95. The predicted octanol–water partition coefficient (Wildman–Crippen LogP) is 2.38. The molecule has 0 aromatic heterocycles. The first-order chi connectivity index (χ1) is 10.2. The second-order valence-corrected chi connectivity index (χ2v) is 4.46. The van der Waals surface area contributed by atoms with Gasteiger partial charge in [-0.25, -0.2) is 0 Å². The standard InChI is InChI=1S/C16H26N2O3/c1-4-18(5-2)16(19)13-17-14-9-7-8-10-15(14)21-12-11-20-6-3/h7-10,17H,4-6,11-13H2,1-3H3. The number of anilines is 1. The van der Waals surface area contributed by atoms with Crippen LogP contribution in [0.15, 0.2) is 24.3 Å². The lowest BCUT2D eigenvalue weighted by atomic mass is 10.3. The van der Waals surface area contributed by atoms with Crippen molar-refractivity contribution in [2.45, 2.75) is 20.8 Å². The van der Waals surface area contributed by atoms with Gasteiger partial charge in [0.15, 0.2) is 0 Å². The molecule has 21 heavy (non-hydrogen) atoms. The van der Waals surface area contributed by atoms with Gasteiger partial charge in [0.05, 0.1) is 18.8 Å². The second kappa shape index (κ2) is 10.0. The highest BCUT2D eigenvalue weighted by Gasteiger charge is 2.10. The Morgan fingerprint density at radius 3 is 2.52 bits per heavy atom. The zero-order valence-corrected chi connectivity index (χ0v) is 13.2. The molecule has 1 N–H and O–H groups in total. The second-order valence-electron chi connectivity index (χ2n) is 4.46. The summed E-state index contributed by atoms with van der Waals surface area (Å²) in [4.78, 5) is 13.8. The number of para-hydroxylation sites is 2. The molecule has 0 spiro atoms. The van der Waals surface area contributed by atoms with E-state index >= 15 is 0 Å². The molecule has 1 aromatic rings. The number of nitrogens with one attached hydrogen (secondary N) is 1. The monoisotopic (exact) mass is 294 g/mol. The molecule has 0 aliphatic heterocycles. The molecule has 0 bridgehead atoms. The number of carbonyl (C=O) groups excluding carboxylic acids is 1. The molecule has 0 aliphatic rings. The SMILES string of the molecule is CCOCCOc1ccccc1NCC(=O)N(CC)CC. The molecule has 0 saturated carbocycles. The number of benzene rings is 1. The fraction of sp³-hybridized carbons (Fsp3) is 0.562. The number of carbonyl (C=O) groups is 1. The molecule has 1 rings (SSSR count). The summed E-state index contributed by atoms with van der Waals surface area (Å²) in [7, 11) is 0. The molecule has 5 nitrogen and oxygen atoms in total. The van der Waals surface area contributed by atoms with Crippen molar-refractivity contribution in [2.75, 3.05) is 44.8 Å². The Hall–Kier alpha value is -1.75. The van der Waals surface area contributed by atoms with E-state index in [2.05, 4.69) is 5.32 Å². The smallest absolute Gasteiger partial charge is 0.241 e. The summed E-state index contributed by atoms with van der Waals surface area (Å²) in [5.74, 6) is 0.827. The van der Waals surface area contributed by atoms with Crippen LogP contribution in [-0.4, -0.2) is 50.3 Å². The Kier molecular flexibility index (Phi) is 8.28. The van der Waals surface area contributed by atoms with E-state index in [-0.39, 0.29) is 12.5 Å². The zero-order chi connectivity index (χ0) is 15.5. The minimum Gasteiger partial charge on any atom is -0.489 e. The van der Waals surface area contributed by atoms with Gasteiger partial charge in [-0.3, -0.25) is 4.79 Å². The molecule has 1 aromatic carbocycles. The first kappa shape index (κ1) is 17.3. The third kappa shape index (κ3) is 6.04. The van der Waals surface area contributed by atoms with E-state index in [1.807, 2.05) is 45.0 Å². The molecule has 0 aliphatic carbocycles. The number of hydrogen-bond donors (Lipinski definition) is 1. The van der Waals surface area contributed by atoms with Gasteiger partial charge in [0.2, 0.25) is 5.91 Å². The van der Waals surface area contributed by atoms with Crippen LogP contribution in [-0.2, 0) is 9.53 Å². The van der Waals surface area contributed by atoms with Crippen molar-refractivity contribution in [3.8, 4) is 5.75 Å². The Morgan fingerprint density at radius 2 is 1.86 bits per heavy atom. The predicted molar refractivity (Wildman–Crippen MR) is 84.8 cm³/mol. The molecule has 0 heterocycles. The Morgan fingerprint density at radius 1 is 1.14 bits per heavy atom. The third-order valence-electron chi connectivity index (χ3n) is 3.12. The van der Waals surface area contributed by atoms with E-state index in [4.69, 9.17) is 9.47 Å². The number of rotatable bonds is 10. The summed E-state index contributed by atoms with van der Waals surface area (Å²) in [5.41, 5.74) is 0.828. The minimum atomic E-state index is 0.0871. The largest absolute Gasteiger partial charge is 0.489 e. The molecular formula is C16H26N2O3. The van der Waals surface area contributed by atoms with E-state index in [0.29, 0.717) is 19.8 Å². The quantitative estimate of drug-likeness (QED) is 0.673. The Balaban J connectivity index is 2.52. The van der Waals surface area contributed by atoms with Crippen LogP contribution in [0.25, 0.3) is 0 Å². The number of amides is 1. The van der Waals surface area contributed by atoms with Crippen LogP contribution >= 0.6 is 0 Å². The number of nitrogens with zero attached hydrogens (tertiary/aromatic N) is 1. The highest BCUT2D eigenvalue weighted by molar-refractivity contribution is 5.81. The summed E-state index contributed by atoms with van der Waals surface area (Å²) in [6.45, 7) is 9.37. The topological polar surface area (TPSA) is 50.8 Å². The van der Waals surface area contributed by atoms with E-state index in [9.17, 15) is 4.79 Å². The summed E-state index contributed by atoms with van der Waals surface area (Å²) in [6.07, 6.45) is 0. The maximum atomic E-state index is 12.0. The summed E-state index contributed by atoms with van der Waals surface area (Å²) < 4.78 is 10.9. The lowest BCUT2D eigenvalue weighted by molar-refractivity contribution is -0.128. The van der Waals surface area contributed by atoms with Crippen molar-refractivity contribution in [1.82, 2.24) is 4.90 Å². The molecule has 0 radical (unpaired) electrons. The van der Waals surface area contributed by atoms with Crippen LogP contribution in [0.3, 0.4) is 0 Å². The van der Waals surface area contributed by atoms with Gasteiger partial charge < -0.3 is 19.7 Å². The van der Waals surface area contributed by atoms with Crippen LogP contribution < -0.4 is 10.1 Å². The first-order valence-electron chi connectivity index (χ1n) is 7.54. The maximum Gasteiger partial charge on any atom is 0.241 e. The van der Waals surface area contributed by atoms with Crippen LogP contribution in [0.5, 0.6) is 5.75 Å². The van der Waals surface area contributed by atoms with Crippen molar-refractivity contribution < 1.29 is 14.3 Å². The minimum absolute atomic E-state index is 0.0871. The first-order valence-corrected chi connectivity index (χ1v) is 7.54. The van der Waals surface area contributed by atoms with Crippen LogP contribution in [0.2, 0.25) is 0 Å². The molecule has 5 heteroatoms. The lowest BCUT2D eigenvalue weighted by Crippen LogP contribution is -2.35. The van der Waals surface area contributed by atoms with Crippen LogP contribution in [0.4, 0.5) is 5.69 Å². The average molecular weight is 294 g/mol. The summed E-state index contributed by atoms with van der Waals surface area (Å²) >= 11 is 0. The van der Waals surface area contributed by atoms with E-state index in [1.54, 1.807) is 4.90 Å². The summed E-state index contributed by atoms with van der Waals surface area (Å²) in [5, 5.41) is 3.15. The van der Waals surface area contributed by atoms with Crippen molar-refractivity contribution in [3.63, 3.8) is 0 Å². The highest BCUT2D eigenvalue weighted by Crippen LogP contribution is 2.23. The van der Waals surface area contributed by atoms with Gasteiger partial charge in [-0.1, -0.05) is 12.1 Å². The Labute approximate surface area is 127 Å². The van der Waals surface area contributed by atoms with Gasteiger partial charge >= 0.3 is 0 Å². The van der Waals surface area contributed by atoms with Crippen LogP contribution in [0, 0.1) is 0 Å². The van der Waals surface area contributed by atoms with Crippen molar-refractivity contribution in [2.24, 2.45) is 0 Å². The van der Waals surface area contributed by atoms with Crippen molar-refractivity contribution in [3.05, 3.63) is 24.3 Å². The molecule has 0 atom stereocenters. The number of likely N-dealkylation sites (N-methyl/N-ethyl adjacent to an activating group) is 1. The molecule has 0 fully saturated rings. The van der Waals surface area contributed by atoms with Gasteiger partial charge in [0.25, 0.3) is 0 Å². The molecular weight excluding hydrogens is 268 g/mol. The lowest BCUT2D eigenvalue weighted by Gasteiger charge is -2.20. The summed E-state index contributed by atoms with van der Waals surface area (Å²) in [6, 6.07) is 7.62. The molecule has 1 amide bonds. The van der Waals surface area contributed by atoms with Crippen LogP contribution in [0.1, 0.15) is 20.8 Å². The van der Waals surface area contributed by atoms with Gasteiger partial charge in [0.1, 0.15) is 12.4 Å². The van der Waals surface area contributed by atoms with E-state index in [1.165, 1.54) is 0 Å². The van der Waals surface area contributed by atoms with Gasteiger partial charge in [-0.05, 0) is 32.9 Å². The highest BCUT2D eigenvalue weighted by atomic mass is 16.5. The van der Waals surface area contributed by atoms with Gasteiger partial charge in [-0.15, -0.1) is 0 Å². The Bertz CT molecular complexity index is 420. The van der Waals surface area contributed by atoms with Gasteiger partial charge in [-0.2, -0.15) is 0 Å². The van der Waals surface area contributed by atoms with Crippen molar-refractivity contribution >= 4 is 11.6 Å². The van der Waals surface area contributed by atoms with E-state index in [0.717, 1.165) is 24.5 Å². The molecule has 118 valence electrons. The normalized spacial score (nSPS) is 10.2. The average Bonchev–Trinajstić information content (AvgIpc) is 2.51. The number of ether oxygens (including phenoxy) is 2. The van der Waals surface area contributed by atoms with Gasteiger partial charge in [0, 0.05) is 19.7 Å². The van der Waals surface area contributed by atoms with E-state index < -0.39 is 0 Å². The fourth-order valence-corrected chi connectivity index (χ4v) is 1.95. The zero-order valence-electron chi connectivity index (χ0n) is 13.2. The van der Waals surface area contributed by atoms with Crippen molar-refractivity contribution in [1.29, 1.82) is 0 Å². The molecule has 0 unspecified atom stereocenters.